The Bertz CT molecular complexity index is 740. The Balaban J connectivity index is 1.88. The van der Waals surface area contributed by atoms with Gasteiger partial charge in [0.25, 0.3) is 5.91 Å². The van der Waals surface area contributed by atoms with Crippen molar-refractivity contribution in [3.05, 3.63) is 59.2 Å². The van der Waals surface area contributed by atoms with Gasteiger partial charge in [-0.25, -0.2) is 9.97 Å². The Morgan fingerprint density at radius 1 is 1.17 bits per heavy atom. The molecule has 2 aromatic rings. The standard InChI is InChI=1S/C18H20N4O2/c19-17(24)14-11-21-18(15(23)10-12-4-2-1-3-5-12)22-16(14)13-6-8-20-9-7-13/h1-5,11,13,20H,6-10H2,(H2,19,24). The van der Waals surface area contributed by atoms with Crippen LogP contribution in [0.15, 0.2) is 36.5 Å². The Labute approximate surface area is 140 Å². The molecule has 1 aliphatic rings. The zero-order valence-electron chi connectivity index (χ0n) is 13.4. The fourth-order valence-corrected chi connectivity index (χ4v) is 2.99. The van der Waals surface area contributed by atoms with E-state index in [1.165, 1.54) is 6.20 Å². The van der Waals surface area contributed by atoms with E-state index in [4.69, 9.17) is 5.73 Å². The minimum absolute atomic E-state index is 0.125. The predicted octanol–water partition coefficient (Wildman–Crippen LogP) is 1.47. The number of ketones is 1. The Kier molecular flexibility index (Phi) is 4.96. The van der Waals surface area contributed by atoms with E-state index >= 15 is 0 Å². The molecule has 0 unspecified atom stereocenters. The molecule has 1 saturated heterocycles. The number of carbonyl (C=O) groups is 2. The Morgan fingerprint density at radius 3 is 2.54 bits per heavy atom. The third-order valence-electron chi connectivity index (χ3n) is 4.27. The molecule has 6 heteroatoms. The second-order valence-electron chi connectivity index (χ2n) is 5.97. The van der Waals surface area contributed by atoms with Crippen molar-refractivity contribution in [2.75, 3.05) is 13.1 Å². The summed E-state index contributed by atoms with van der Waals surface area (Å²) >= 11 is 0. The van der Waals surface area contributed by atoms with Gasteiger partial charge in [-0.1, -0.05) is 30.3 Å². The zero-order chi connectivity index (χ0) is 16.9. The van der Waals surface area contributed by atoms with E-state index in [0.717, 1.165) is 31.5 Å². The van der Waals surface area contributed by atoms with Gasteiger partial charge in [0, 0.05) is 18.5 Å². The molecule has 24 heavy (non-hydrogen) atoms. The van der Waals surface area contributed by atoms with Gasteiger partial charge in [-0.15, -0.1) is 0 Å². The lowest BCUT2D eigenvalue weighted by Gasteiger charge is -2.23. The first-order valence-electron chi connectivity index (χ1n) is 8.09. The van der Waals surface area contributed by atoms with Gasteiger partial charge in [0.15, 0.2) is 5.82 Å². The van der Waals surface area contributed by atoms with E-state index in [0.29, 0.717) is 11.3 Å². The Morgan fingerprint density at radius 2 is 1.88 bits per heavy atom. The van der Waals surface area contributed by atoms with Crippen molar-refractivity contribution in [2.45, 2.75) is 25.2 Å². The summed E-state index contributed by atoms with van der Waals surface area (Å²) in [6.07, 6.45) is 3.36. The second kappa shape index (κ2) is 7.31. The van der Waals surface area contributed by atoms with E-state index in [1.807, 2.05) is 30.3 Å². The third-order valence-corrected chi connectivity index (χ3v) is 4.27. The normalized spacial score (nSPS) is 15.2. The fraction of sp³-hybridized carbons (Fsp3) is 0.333. The largest absolute Gasteiger partial charge is 0.365 e. The van der Waals surface area contributed by atoms with Gasteiger partial charge in [-0.3, -0.25) is 9.59 Å². The minimum atomic E-state index is -0.550. The lowest BCUT2D eigenvalue weighted by molar-refractivity contribution is 0.0973. The number of carbonyl (C=O) groups excluding carboxylic acids is 2. The maximum atomic E-state index is 12.5. The number of piperidine rings is 1. The molecule has 6 nitrogen and oxygen atoms in total. The van der Waals surface area contributed by atoms with Crippen LogP contribution in [0.2, 0.25) is 0 Å². The molecule has 1 aliphatic heterocycles. The van der Waals surface area contributed by atoms with Crippen LogP contribution in [0.5, 0.6) is 0 Å². The van der Waals surface area contributed by atoms with Gasteiger partial charge < -0.3 is 11.1 Å². The smallest absolute Gasteiger partial charge is 0.252 e. The van der Waals surface area contributed by atoms with Crippen molar-refractivity contribution < 1.29 is 9.59 Å². The molecule has 1 amide bonds. The maximum absolute atomic E-state index is 12.5. The molecule has 0 atom stereocenters. The SMILES string of the molecule is NC(=O)c1cnc(C(=O)Cc2ccccc2)nc1C1CCNCC1. The van der Waals surface area contributed by atoms with E-state index in [9.17, 15) is 9.59 Å². The summed E-state index contributed by atoms with van der Waals surface area (Å²) < 4.78 is 0. The molecule has 1 aromatic heterocycles. The molecule has 0 radical (unpaired) electrons. The van der Waals surface area contributed by atoms with Gasteiger partial charge in [-0.2, -0.15) is 0 Å². The molecule has 0 aliphatic carbocycles. The molecule has 2 heterocycles. The molecule has 1 aromatic carbocycles. The van der Waals surface area contributed by atoms with Crippen molar-refractivity contribution in [2.24, 2.45) is 5.73 Å². The summed E-state index contributed by atoms with van der Waals surface area (Å²) in [6.45, 7) is 1.72. The summed E-state index contributed by atoms with van der Waals surface area (Å²) in [4.78, 5) is 32.7. The summed E-state index contributed by atoms with van der Waals surface area (Å²) in [6, 6.07) is 9.47. The number of primary amides is 1. The highest BCUT2D eigenvalue weighted by molar-refractivity contribution is 5.96. The number of nitrogens with two attached hydrogens (primary N) is 1. The van der Waals surface area contributed by atoms with Crippen LogP contribution < -0.4 is 11.1 Å². The predicted molar refractivity (Wildman–Crippen MR) is 89.9 cm³/mol. The highest BCUT2D eigenvalue weighted by Gasteiger charge is 2.24. The summed E-state index contributed by atoms with van der Waals surface area (Å²) in [5.41, 5.74) is 7.29. The van der Waals surface area contributed by atoms with E-state index in [2.05, 4.69) is 15.3 Å². The van der Waals surface area contributed by atoms with Crippen molar-refractivity contribution in [1.82, 2.24) is 15.3 Å². The van der Waals surface area contributed by atoms with Crippen LogP contribution in [-0.4, -0.2) is 34.7 Å². The van der Waals surface area contributed by atoms with Crippen LogP contribution in [-0.2, 0) is 6.42 Å². The molecule has 3 rings (SSSR count). The average molecular weight is 324 g/mol. The monoisotopic (exact) mass is 324 g/mol. The Hall–Kier alpha value is -2.60. The number of amides is 1. The number of hydrogen-bond donors (Lipinski definition) is 2. The molecule has 0 bridgehead atoms. The van der Waals surface area contributed by atoms with Crippen LogP contribution in [0.25, 0.3) is 0 Å². The van der Waals surface area contributed by atoms with Gasteiger partial charge in [-0.05, 0) is 31.5 Å². The molecule has 0 saturated carbocycles. The fourth-order valence-electron chi connectivity index (χ4n) is 2.99. The van der Waals surface area contributed by atoms with Crippen molar-refractivity contribution >= 4 is 11.7 Å². The highest BCUT2D eigenvalue weighted by Crippen LogP contribution is 2.26. The van der Waals surface area contributed by atoms with Crippen LogP contribution in [0, 0.1) is 0 Å². The molecule has 1 fully saturated rings. The first-order valence-corrected chi connectivity index (χ1v) is 8.09. The van der Waals surface area contributed by atoms with Gasteiger partial charge in [0.05, 0.1) is 11.3 Å². The lowest BCUT2D eigenvalue weighted by Crippen LogP contribution is -2.29. The molecule has 3 N–H and O–H groups in total. The van der Waals surface area contributed by atoms with Crippen molar-refractivity contribution in [3.63, 3.8) is 0 Å². The molecule has 124 valence electrons. The third kappa shape index (κ3) is 3.65. The van der Waals surface area contributed by atoms with Gasteiger partial charge in [0.1, 0.15) is 0 Å². The summed E-state index contributed by atoms with van der Waals surface area (Å²) in [5.74, 6) is -0.435. The van der Waals surface area contributed by atoms with Crippen molar-refractivity contribution in [1.29, 1.82) is 0 Å². The average Bonchev–Trinajstić information content (AvgIpc) is 2.62. The van der Waals surface area contributed by atoms with Crippen molar-refractivity contribution in [3.8, 4) is 0 Å². The number of benzene rings is 1. The number of rotatable bonds is 5. The zero-order valence-corrected chi connectivity index (χ0v) is 13.4. The van der Waals surface area contributed by atoms with Crippen LogP contribution in [0.4, 0.5) is 0 Å². The lowest BCUT2D eigenvalue weighted by atomic mass is 9.91. The number of Topliss-reactive ketones (excluding diaryl/α,β-unsaturated/α-hetero) is 1. The second-order valence-corrected chi connectivity index (χ2v) is 5.97. The van der Waals surface area contributed by atoms with Crippen LogP contribution in [0.1, 0.15) is 51.0 Å². The highest BCUT2D eigenvalue weighted by atomic mass is 16.1. The molecule has 0 spiro atoms. The quantitative estimate of drug-likeness (QED) is 0.812. The first-order chi connectivity index (χ1) is 11.6. The van der Waals surface area contributed by atoms with Gasteiger partial charge in [0.2, 0.25) is 5.78 Å². The molecular weight excluding hydrogens is 304 g/mol. The topological polar surface area (TPSA) is 98.0 Å². The van der Waals surface area contributed by atoms with Gasteiger partial charge >= 0.3 is 0 Å². The number of nitrogens with one attached hydrogen (secondary N) is 1. The maximum Gasteiger partial charge on any atom is 0.252 e. The number of hydrogen-bond acceptors (Lipinski definition) is 5. The summed E-state index contributed by atoms with van der Waals surface area (Å²) in [7, 11) is 0. The molecular formula is C18H20N4O2. The van der Waals surface area contributed by atoms with E-state index < -0.39 is 5.91 Å². The first kappa shape index (κ1) is 16.3. The number of nitrogens with zero attached hydrogens (tertiary/aromatic N) is 2. The van der Waals surface area contributed by atoms with Crippen LogP contribution >= 0.6 is 0 Å². The van der Waals surface area contributed by atoms with E-state index in [1.54, 1.807) is 0 Å². The number of aromatic nitrogens is 2. The van der Waals surface area contributed by atoms with E-state index in [-0.39, 0.29) is 23.9 Å². The van der Waals surface area contributed by atoms with Crippen LogP contribution in [0.3, 0.4) is 0 Å². The summed E-state index contributed by atoms with van der Waals surface area (Å²) in [5, 5.41) is 3.28. The minimum Gasteiger partial charge on any atom is -0.365 e.